The summed E-state index contributed by atoms with van der Waals surface area (Å²) in [6.07, 6.45) is 3.96. The second kappa shape index (κ2) is 6.55. The first kappa shape index (κ1) is 13.1. The predicted octanol–water partition coefficient (Wildman–Crippen LogP) is 3.00. The molecule has 0 spiro atoms. The first-order chi connectivity index (χ1) is 8.81. The van der Waals surface area contributed by atoms with E-state index < -0.39 is 0 Å². The highest BCUT2D eigenvalue weighted by atomic mass is 16.5. The molecular formula is C15H21NO2. The highest BCUT2D eigenvalue weighted by Crippen LogP contribution is 2.19. The summed E-state index contributed by atoms with van der Waals surface area (Å²) in [5.41, 5.74) is 0.984. The summed E-state index contributed by atoms with van der Waals surface area (Å²) in [4.78, 5) is 14.0. The van der Waals surface area contributed by atoms with E-state index in [1.54, 1.807) is 0 Å². The van der Waals surface area contributed by atoms with Crippen LogP contribution in [-0.2, 0) is 9.53 Å². The van der Waals surface area contributed by atoms with Crippen LogP contribution in [0.15, 0.2) is 30.3 Å². The van der Waals surface area contributed by atoms with Gasteiger partial charge in [-0.05, 0) is 38.3 Å². The number of nitrogens with zero attached hydrogens (tertiary/aromatic N) is 1. The molecule has 1 unspecified atom stereocenters. The second-order valence-corrected chi connectivity index (χ2v) is 4.65. The molecule has 0 aliphatic carbocycles. The lowest BCUT2D eigenvalue weighted by molar-refractivity contribution is -0.119. The molecule has 0 saturated carbocycles. The molecule has 1 amide bonds. The Morgan fingerprint density at radius 2 is 2.17 bits per heavy atom. The minimum Gasteiger partial charge on any atom is -0.378 e. The van der Waals surface area contributed by atoms with Crippen LogP contribution in [-0.4, -0.2) is 25.2 Å². The van der Waals surface area contributed by atoms with Gasteiger partial charge in [0, 0.05) is 25.3 Å². The normalized spacial score (nSPS) is 18.8. The molecule has 18 heavy (non-hydrogen) atoms. The van der Waals surface area contributed by atoms with Crippen LogP contribution in [0.4, 0.5) is 5.69 Å². The Morgan fingerprint density at radius 1 is 1.39 bits per heavy atom. The van der Waals surface area contributed by atoms with Crippen molar-refractivity contribution >= 4 is 11.6 Å². The Labute approximate surface area is 109 Å². The van der Waals surface area contributed by atoms with Gasteiger partial charge in [0.15, 0.2) is 0 Å². The van der Waals surface area contributed by atoms with Crippen molar-refractivity contribution in [3.63, 3.8) is 0 Å². The summed E-state index contributed by atoms with van der Waals surface area (Å²) < 4.78 is 5.55. The van der Waals surface area contributed by atoms with E-state index in [-0.39, 0.29) is 5.91 Å². The molecule has 3 heteroatoms. The predicted molar refractivity (Wildman–Crippen MR) is 72.7 cm³/mol. The third-order valence-electron chi connectivity index (χ3n) is 3.39. The first-order valence-corrected chi connectivity index (χ1v) is 6.78. The number of carbonyl (C=O) groups excluding carboxylic acids is 1. The van der Waals surface area contributed by atoms with Gasteiger partial charge in [-0.1, -0.05) is 18.2 Å². The van der Waals surface area contributed by atoms with Gasteiger partial charge in [0.25, 0.3) is 0 Å². The Hall–Kier alpha value is -1.35. The molecule has 1 heterocycles. The van der Waals surface area contributed by atoms with E-state index in [0.717, 1.165) is 31.6 Å². The molecule has 0 aromatic heterocycles. The summed E-state index contributed by atoms with van der Waals surface area (Å²) >= 11 is 0. The van der Waals surface area contributed by atoms with Gasteiger partial charge >= 0.3 is 0 Å². The number of hydrogen-bond acceptors (Lipinski definition) is 2. The molecule has 2 rings (SSSR count). The molecule has 1 fully saturated rings. The van der Waals surface area contributed by atoms with Crippen molar-refractivity contribution in [3.05, 3.63) is 30.3 Å². The van der Waals surface area contributed by atoms with Crippen LogP contribution in [0.1, 0.15) is 32.6 Å². The lowest BCUT2D eigenvalue weighted by atomic mass is 10.1. The molecule has 0 bridgehead atoms. The fraction of sp³-hybridized carbons (Fsp3) is 0.533. The van der Waals surface area contributed by atoms with Crippen molar-refractivity contribution in [2.45, 2.75) is 38.7 Å². The molecule has 1 atom stereocenters. The van der Waals surface area contributed by atoms with Gasteiger partial charge in [0.2, 0.25) is 5.91 Å². The van der Waals surface area contributed by atoms with E-state index in [9.17, 15) is 4.79 Å². The molecular weight excluding hydrogens is 226 g/mol. The topological polar surface area (TPSA) is 29.5 Å². The van der Waals surface area contributed by atoms with Crippen molar-refractivity contribution in [2.75, 3.05) is 18.1 Å². The van der Waals surface area contributed by atoms with Gasteiger partial charge in [-0.25, -0.2) is 0 Å². The van der Waals surface area contributed by atoms with Crippen molar-refractivity contribution < 1.29 is 9.53 Å². The minimum absolute atomic E-state index is 0.194. The Bertz CT molecular complexity index is 371. The standard InChI is InChI=1S/C15H21NO2/c1-2-16(13-7-4-3-5-8-13)15(17)11-10-14-9-6-12-18-14/h3-5,7-8,14H,2,6,9-12H2,1H3. The largest absolute Gasteiger partial charge is 0.378 e. The quantitative estimate of drug-likeness (QED) is 0.800. The summed E-state index contributed by atoms with van der Waals surface area (Å²) in [6, 6.07) is 9.85. The van der Waals surface area contributed by atoms with Crippen LogP contribution in [0, 0.1) is 0 Å². The van der Waals surface area contributed by atoms with Crippen LogP contribution in [0.25, 0.3) is 0 Å². The van der Waals surface area contributed by atoms with Crippen LogP contribution < -0.4 is 4.90 Å². The molecule has 0 radical (unpaired) electrons. The minimum atomic E-state index is 0.194. The summed E-state index contributed by atoms with van der Waals surface area (Å²) in [6.45, 7) is 3.58. The zero-order chi connectivity index (χ0) is 12.8. The Balaban J connectivity index is 1.89. The Morgan fingerprint density at radius 3 is 2.78 bits per heavy atom. The van der Waals surface area contributed by atoms with Gasteiger partial charge in [-0.15, -0.1) is 0 Å². The third-order valence-corrected chi connectivity index (χ3v) is 3.39. The Kier molecular flexibility index (Phi) is 4.76. The maximum atomic E-state index is 12.2. The van der Waals surface area contributed by atoms with E-state index in [1.807, 2.05) is 42.2 Å². The number of benzene rings is 1. The van der Waals surface area contributed by atoms with Crippen molar-refractivity contribution in [1.82, 2.24) is 0 Å². The maximum Gasteiger partial charge on any atom is 0.227 e. The maximum absolute atomic E-state index is 12.2. The molecule has 1 saturated heterocycles. The molecule has 1 aliphatic heterocycles. The zero-order valence-electron chi connectivity index (χ0n) is 11.0. The SMILES string of the molecule is CCN(C(=O)CCC1CCCO1)c1ccccc1. The van der Waals surface area contributed by atoms with Gasteiger partial charge in [0.05, 0.1) is 6.10 Å². The van der Waals surface area contributed by atoms with E-state index in [0.29, 0.717) is 19.1 Å². The number of rotatable bonds is 5. The average molecular weight is 247 g/mol. The van der Waals surface area contributed by atoms with Crippen molar-refractivity contribution in [1.29, 1.82) is 0 Å². The zero-order valence-corrected chi connectivity index (χ0v) is 11.0. The molecule has 3 nitrogen and oxygen atoms in total. The van der Waals surface area contributed by atoms with Gasteiger partial charge in [0.1, 0.15) is 0 Å². The number of ether oxygens (including phenoxy) is 1. The number of para-hydroxylation sites is 1. The van der Waals surface area contributed by atoms with Crippen molar-refractivity contribution in [2.24, 2.45) is 0 Å². The van der Waals surface area contributed by atoms with Gasteiger partial charge in [-0.2, -0.15) is 0 Å². The highest BCUT2D eigenvalue weighted by molar-refractivity contribution is 5.93. The fourth-order valence-corrected chi connectivity index (χ4v) is 2.40. The smallest absolute Gasteiger partial charge is 0.227 e. The number of carbonyl (C=O) groups is 1. The van der Waals surface area contributed by atoms with E-state index in [4.69, 9.17) is 4.74 Å². The molecule has 1 aliphatic rings. The average Bonchev–Trinajstić information content (AvgIpc) is 2.92. The van der Waals surface area contributed by atoms with Crippen molar-refractivity contribution in [3.8, 4) is 0 Å². The summed E-state index contributed by atoms with van der Waals surface area (Å²) in [5.74, 6) is 0.194. The van der Waals surface area contributed by atoms with Crippen LogP contribution in [0.5, 0.6) is 0 Å². The van der Waals surface area contributed by atoms with Crippen LogP contribution in [0.2, 0.25) is 0 Å². The lowest BCUT2D eigenvalue weighted by Crippen LogP contribution is -2.31. The molecule has 98 valence electrons. The first-order valence-electron chi connectivity index (χ1n) is 6.78. The summed E-state index contributed by atoms with van der Waals surface area (Å²) in [7, 11) is 0. The van der Waals surface area contributed by atoms with Crippen LogP contribution >= 0.6 is 0 Å². The highest BCUT2D eigenvalue weighted by Gasteiger charge is 2.19. The lowest BCUT2D eigenvalue weighted by Gasteiger charge is -2.21. The molecule has 1 aromatic carbocycles. The number of hydrogen-bond donors (Lipinski definition) is 0. The number of anilines is 1. The summed E-state index contributed by atoms with van der Waals surface area (Å²) in [5, 5.41) is 0. The fourth-order valence-electron chi connectivity index (χ4n) is 2.40. The van der Waals surface area contributed by atoms with E-state index >= 15 is 0 Å². The van der Waals surface area contributed by atoms with Gasteiger partial charge in [-0.3, -0.25) is 4.79 Å². The third kappa shape index (κ3) is 3.33. The van der Waals surface area contributed by atoms with Crippen LogP contribution in [0.3, 0.4) is 0 Å². The van der Waals surface area contributed by atoms with E-state index in [1.165, 1.54) is 0 Å². The number of amides is 1. The second-order valence-electron chi connectivity index (χ2n) is 4.65. The molecule has 0 N–H and O–H groups in total. The monoisotopic (exact) mass is 247 g/mol. The molecule has 1 aromatic rings. The van der Waals surface area contributed by atoms with E-state index in [2.05, 4.69) is 0 Å². The van der Waals surface area contributed by atoms with Gasteiger partial charge < -0.3 is 9.64 Å².